The molecule has 6 heteroatoms. The van der Waals surface area contributed by atoms with Gasteiger partial charge in [0.05, 0.1) is 30.5 Å². The van der Waals surface area contributed by atoms with E-state index >= 15 is 0 Å². The highest BCUT2D eigenvalue weighted by atomic mass is 16.5. The first-order valence-electron chi connectivity index (χ1n) is 9.98. The highest BCUT2D eigenvalue weighted by molar-refractivity contribution is 5.66. The number of carboxylic acid groups (broad SMARTS) is 1. The third-order valence-electron chi connectivity index (χ3n) is 4.47. The van der Waals surface area contributed by atoms with Crippen molar-refractivity contribution in [3.63, 3.8) is 0 Å². The van der Waals surface area contributed by atoms with Crippen LogP contribution in [0.25, 0.3) is 0 Å². The van der Waals surface area contributed by atoms with Crippen LogP contribution in [0, 0.1) is 0 Å². The van der Waals surface area contributed by atoms with Crippen molar-refractivity contribution in [3.8, 4) is 0 Å². The smallest absolute Gasteiger partial charge is 0.303 e. The van der Waals surface area contributed by atoms with E-state index in [-0.39, 0.29) is 18.9 Å². The molecule has 158 valence electrons. The minimum Gasteiger partial charge on any atom is -0.481 e. The van der Waals surface area contributed by atoms with Crippen LogP contribution in [-0.4, -0.2) is 56.9 Å². The van der Waals surface area contributed by atoms with Crippen LogP contribution >= 0.6 is 0 Å². The highest BCUT2D eigenvalue weighted by Gasteiger charge is 2.36. The predicted molar refractivity (Wildman–Crippen MR) is 109 cm³/mol. The van der Waals surface area contributed by atoms with Gasteiger partial charge in [-0.25, -0.2) is 0 Å². The number of allylic oxidation sites excluding steroid dienone is 5. The first-order chi connectivity index (χ1) is 13.4. The number of aliphatic hydroxyl groups is 3. The van der Waals surface area contributed by atoms with Crippen molar-refractivity contribution in [1.29, 1.82) is 0 Å². The average molecular weight is 395 g/mol. The second-order valence-corrected chi connectivity index (χ2v) is 6.92. The number of carboxylic acids is 1. The van der Waals surface area contributed by atoms with E-state index in [1.54, 1.807) is 0 Å². The Hall–Kier alpha value is -1.73. The molecule has 0 aromatic heterocycles. The molecule has 0 unspecified atom stereocenters. The summed E-state index contributed by atoms with van der Waals surface area (Å²) in [5.74, 6) is -0.977. The van der Waals surface area contributed by atoms with Crippen LogP contribution in [0.3, 0.4) is 0 Å². The molecule has 0 spiro atoms. The van der Waals surface area contributed by atoms with Crippen LogP contribution in [-0.2, 0) is 9.53 Å². The van der Waals surface area contributed by atoms with Gasteiger partial charge in [0.1, 0.15) is 0 Å². The molecule has 1 aliphatic heterocycles. The number of hydrogen-bond acceptors (Lipinski definition) is 5. The first kappa shape index (κ1) is 24.3. The molecule has 0 aromatic rings. The minimum atomic E-state index is -0.977. The Morgan fingerprint density at radius 1 is 1.07 bits per heavy atom. The fraction of sp³-hybridized carbons (Fsp3) is 0.591. The summed E-state index contributed by atoms with van der Waals surface area (Å²) < 4.78 is 5.73. The van der Waals surface area contributed by atoms with E-state index in [0.717, 1.165) is 19.3 Å². The van der Waals surface area contributed by atoms with Gasteiger partial charge in [0, 0.05) is 12.8 Å². The van der Waals surface area contributed by atoms with Crippen molar-refractivity contribution in [2.24, 2.45) is 0 Å². The lowest BCUT2D eigenvalue weighted by molar-refractivity contribution is -0.137. The zero-order valence-corrected chi connectivity index (χ0v) is 16.6. The van der Waals surface area contributed by atoms with E-state index in [1.165, 1.54) is 12.2 Å². The van der Waals surface area contributed by atoms with Crippen LogP contribution in [0.5, 0.6) is 0 Å². The SMILES string of the molecule is CC/C=C\C/C=C\C/C=C\C[C@@H]1O[C@H]([C@@H](O)/C=C/[C@@H](O)CCC(=O)O)C[C@H]1O. The summed E-state index contributed by atoms with van der Waals surface area (Å²) in [6.07, 6.45) is 15.5. The summed E-state index contributed by atoms with van der Waals surface area (Å²) in [4.78, 5) is 10.5. The summed E-state index contributed by atoms with van der Waals surface area (Å²) in [6, 6.07) is 0. The van der Waals surface area contributed by atoms with Crippen molar-refractivity contribution in [2.75, 3.05) is 0 Å². The summed E-state index contributed by atoms with van der Waals surface area (Å²) in [5.41, 5.74) is 0. The third kappa shape index (κ3) is 10.6. The Kier molecular flexibility index (Phi) is 12.4. The van der Waals surface area contributed by atoms with Gasteiger partial charge in [-0.05, 0) is 32.1 Å². The second-order valence-electron chi connectivity index (χ2n) is 6.92. The molecular weight excluding hydrogens is 360 g/mol. The van der Waals surface area contributed by atoms with Gasteiger partial charge >= 0.3 is 5.97 Å². The van der Waals surface area contributed by atoms with Crippen LogP contribution in [0.4, 0.5) is 0 Å². The lowest BCUT2D eigenvalue weighted by Gasteiger charge is -2.16. The molecule has 1 saturated heterocycles. The van der Waals surface area contributed by atoms with E-state index < -0.39 is 30.4 Å². The molecular formula is C22H34O6. The van der Waals surface area contributed by atoms with Gasteiger partial charge in [0.25, 0.3) is 0 Å². The molecule has 0 amide bonds. The molecule has 28 heavy (non-hydrogen) atoms. The maximum absolute atomic E-state index is 10.5. The van der Waals surface area contributed by atoms with Crippen molar-refractivity contribution in [3.05, 3.63) is 48.6 Å². The molecule has 6 nitrogen and oxygen atoms in total. The van der Waals surface area contributed by atoms with E-state index in [1.807, 2.05) is 12.2 Å². The Morgan fingerprint density at radius 2 is 1.71 bits per heavy atom. The number of rotatable bonds is 13. The van der Waals surface area contributed by atoms with Crippen molar-refractivity contribution >= 4 is 5.97 Å². The van der Waals surface area contributed by atoms with Crippen LogP contribution < -0.4 is 0 Å². The Bertz CT molecular complexity index is 551. The van der Waals surface area contributed by atoms with Gasteiger partial charge in [-0.3, -0.25) is 4.79 Å². The predicted octanol–water partition coefficient (Wildman–Crippen LogP) is 2.90. The quantitative estimate of drug-likeness (QED) is 0.358. The Labute approximate surface area is 167 Å². The molecule has 5 atom stereocenters. The molecule has 0 saturated carbocycles. The zero-order chi connectivity index (χ0) is 20.8. The van der Waals surface area contributed by atoms with Gasteiger partial charge in [-0.1, -0.05) is 55.5 Å². The molecule has 1 fully saturated rings. The first-order valence-corrected chi connectivity index (χ1v) is 9.98. The number of carbonyl (C=O) groups is 1. The maximum Gasteiger partial charge on any atom is 0.303 e. The van der Waals surface area contributed by atoms with E-state index in [9.17, 15) is 20.1 Å². The second kappa shape index (κ2) is 14.3. The van der Waals surface area contributed by atoms with Crippen molar-refractivity contribution in [2.45, 2.75) is 82.4 Å². The molecule has 1 heterocycles. The molecule has 0 aliphatic carbocycles. The van der Waals surface area contributed by atoms with E-state index in [0.29, 0.717) is 12.8 Å². The summed E-state index contributed by atoms with van der Waals surface area (Å²) in [6.45, 7) is 2.11. The van der Waals surface area contributed by atoms with E-state index in [4.69, 9.17) is 9.84 Å². The lowest BCUT2D eigenvalue weighted by Crippen LogP contribution is -2.24. The Morgan fingerprint density at radius 3 is 2.36 bits per heavy atom. The number of aliphatic carboxylic acids is 1. The number of hydrogen-bond donors (Lipinski definition) is 4. The van der Waals surface area contributed by atoms with E-state index in [2.05, 4.69) is 31.2 Å². The molecule has 1 aliphatic rings. The Balaban J connectivity index is 2.32. The van der Waals surface area contributed by atoms with Gasteiger partial charge < -0.3 is 25.2 Å². The lowest BCUT2D eigenvalue weighted by atomic mass is 10.0. The average Bonchev–Trinajstić information content (AvgIpc) is 3.03. The topological polar surface area (TPSA) is 107 Å². The monoisotopic (exact) mass is 394 g/mol. The molecule has 4 N–H and O–H groups in total. The molecule has 0 bridgehead atoms. The summed E-state index contributed by atoms with van der Waals surface area (Å²) >= 11 is 0. The van der Waals surface area contributed by atoms with Gasteiger partial charge in [0.2, 0.25) is 0 Å². The van der Waals surface area contributed by atoms with Gasteiger partial charge in [0.15, 0.2) is 0 Å². The zero-order valence-electron chi connectivity index (χ0n) is 16.6. The van der Waals surface area contributed by atoms with Gasteiger partial charge in [-0.2, -0.15) is 0 Å². The van der Waals surface area contributed by atoms with Crippen LogP contribution in [0.2, 0.25) is 0 Å². The molecule has 0 radical (unpaired) electrons. The largest absolute Gasteiger partial charge is 0.481 e. The fourth-order valence-corrected chi connectivity index (χ4v) is 2.87. The minimum absolute atomic E-state index is 0.0868. The fourth-order valence-electron chi connectivity index (χ4n) is 2.87. The highest BCUT2D eigenvalue weighted by Crippen LogP contribution is 2.26. The van der Waals surface area contributed by atoms with Crippen molar-refractivity contribution < 1.29 is 30.0 Å². The van der Waals surface area contributed by atoms with Gasteiger partial charge in [-0.15, -0.1) is 0 Å². The standard InChI is InChI=1S/C22H34O6/c1-2-3-4-5-6-7-8-9-10-11-20-19(25)16-21(28-20)18(24)14-12-17(23)13-15-22(26)27/h3-4,6-7,9-10,12,14,17-21,23-25H,2,5,8,11,13,15-16H2,1H3,(H,26,27)/b4-3-,7-6-,10-9-,14-12+/t17-,18+,19-,20+,21+/m1/s1. The third-order valence-corrected chi connectivity index (χ3v) is 4.47. The molecule has 0 aromatic carbocycles. The number of ether oxygens (including phenoxy) is 1. The molecule has 1 rings (SSSR count). The van der Waals surface area contributed by atoms with Crippen molar-refractivity contribution in [1.82, 2.24) is 0 Å². The normalized spacial score (nSPS) is 25.5. The maximum atomic E-state index is 10.5. The summed E-state index contributed by atoms with van der Waals surface area (Å²) in [5, 5.41) is 38.5. The van der Waals surface area contributed by atoms with Crippen LogP contribution in [0.1, 0.15) is 51.9 Å². The number of aliphatic hydroxyl groups excluding tert-OH is 3. The summed E-state index contributed by atoms with van der Waals surface area (Å²) in [7, 11) is 0. The van der Waals surface area contributed by atoms with Crippen LogP contribution in [0.15, 0.2) is 48.6 Å².